The lowest BCUT2D eigenvalue weighted by molar-refractivity contribution is 0.609. The summed E-state index contributed by atoms with van der Waals surface area (Å²) in [6.07, 6.45) is 5.58. The van der Waals surface area contributed by atoms with Crippen LogP contribution >= 0.6 is 44.1 Å². The predicted molar refractivity (Wildman–Crippen MR) is 119 cm³/mol. The van der Waals surface area contributed by atoms with Crippen molar-refractivity contribution in [3.63, 3.8) is 0 Å². The largest absolute Gasteiger partial charge is 0.352 e. The standard InChI is InChI=1S/C21H18Br2N2S/c22-16-8-4-13(5-9-16)12-15-2-1-3-18-19(24-21(26)25-20(15)18)14-6-10-17(23)11-7-14/h4-12,19H,1-3H2,(H2,24,25,26)/b15-12-/t19-/m0/s1. The molecular formula is C21H18Br2N2S. The molecule has 2 aromatic rings. The van der Waals surface area contributed by atoms with Crippen molar-refractivity contribution in [2.75, 3.05) is 0 Å². The van der Waals surface area contributed by atoms with Gasteiger partial charge in [-0.1, -0.05) is 56.1 Å². The van der Waals surface area contributed by atoms with E-state index in [-0.39, 0.29) is 6.04 Å². The van der Waals surface area contributed by atoms with Crippen molar-refractivity contribution in [1.82, 2.24) is 10.6 Å². The zero-order valence-corrected chi connectivity index (χ0v) is 18.0. The van der Waals surface area contributed by atoms with Gasteiger partial charge in [-0.05, 0) is 84.1 Å². The maximum absolute atomic E-state index is 5.51. The Morgan fingerprint density at radius 3 is 2.27 bits per heavy atom. The number of hydrogen-bond acceptors (Lipinski definition) is 1. The van der Waals surface area contributed by atoms with Gasteiger partial charge >= 0.3 is 0 Å². The molecule has 2 N–H and O–H groups in total. The summed E-state index contributed by atoms with van der Waals surface area (Å²) in [5.41, 5.74) is 6.39. The van der Waals surface area contributed by atoms with Gasteiger partial charge in [-0.15, -0.1) is 0 Å². The highest BCUT2D eigenvalue weighted by Gasteiger charge is 2.30. The predicted octanol–water partition coefficient (Wildman–Crippen LogP) is 6.25. The molecule has 0 radical (unpaired) electrons. The minimum Gasteiger partial charge on any atom is -0.352 e. The summed E-state index contributed by atoms with van der Waals surface area (Å²) in [5.74, 6) is 0. The normalized spacial score (nSPS) is 21.2. The fraction of sp³-hybridized carbons (Fsp3) is 0.190. The second kappa shape index (κ2) is 7.67. The Morgan fingerprint density at radius 1 is 0.923 bits per heavy atom. The highest BCUT2D eigenvalue weighted by molar-refractivity contribution is 9.10. The first-order valence-corrected chi connectivity index (χ1v) is 10.6. The zero-order chi connectivity index (χ0) is 18.1. The summed E-state index contributed by atoms with van der Waals surface area (Å²) in [4.78, 5) is 0. The smallest absolute Gasteiger partial charge is 0.171 e. The van der Waals surface area contributed by atoms with Crippen LogP contribution in [0, 0.1) is 0 Å². The lowest BCUT2D eigenvalue weighted by Crippen LogP contribution is -2.45. The first kappa shape index (κ1) is 18.0. The highest BCUT2D eigenvalue weighted by atomic mass is 79.9. The summed E-state index contributed by atoms with van der Waals surface area (Å²) in [6, 6.07) is 17.1. The fourth-order valence-electron chi connectivity index (χ4n) is 3.59. The minimum absolute atomic E-state index is 0.139. The van der Waals surface area contributed by atoms with E-state index >= 15 is 0 Å². The van der Waals surface area contributed by atoms with Crippen LogP contribution in [0.4, 0.5) is 0 Å². The topological polar surface area (TPSA) is 24.1 Å². The molecule has 4 rings (SSSR count). The lowest BCUT2D eigenvalue weighted by atomic mass is 9.83. The molecule has 1 aliphatic heterocycles. The molecule has 0 fully saturated rings. The van der Waals surface area contributed by atoms with Crippen molar-refractivity contribution in [3.8, 4) is 0 Å². The van der Waals surface area contributed by atoms with Gasteiger partial charge in [-0.2, -0.15) is 0 Å². The molecule has 0 spiro atoms. The second-order valence-electron chi connectivity index (χ2n) is 6.56. The Morgan fingerprint density at radius 2 is 1.58 bits per heavy atom. The minimum atomic E-state index is 0.139. The quantitative estimate of drug-likeness (QED) is 0.487. The highest BCUT2D eigenvalue weighted by Crippen LogP contribution is 2.38. The van der Waals surface area contributed by atoms with Gasteiger partial charge in [0.1, 0.15) is 0 Å². The fourth-order valence-corrected chi connectivity index (χ4v) is 4.34. The molecule has 2 aromatic carbocycles. The Labute approximate surface area is 176 Å². The van der Waals surface area contributed by atoms with Crippen LogP contribution in [0.25, 0.3) is 6.08 Å². The van der Waals surface area contributed by atoms with E-state index in [1.165, 1.54) is 28.0 Å². The Kier molecular flexibility index (Phi) is 5.30. The van der Waals surface area contributed by atoms with Crippen molar-refractivity contribution < 1.29 is 0 Å². The van der Waals surface area contributed by atoms with Crippen molar-refractivity contribution in [1.29, 1.82) is 0 Å². The van der Waals surface area contributed by atoms with Crippen LogP contribution in [-0.2, 0) is 0 Å². The third kappa shape index (κ3) is 3.80. The molecule has 0 bridgehead atoms. The van der Waals surface area contributed by atoms with E-state index in [2.05, 4.69) is 97.1 Å². The van der Waals surface area contributed by atoms with E-state index in [4.69, 9.17) is 12.2 Å². The SMILES string of the molecule is S=C1NC2=C(CCC/C2=C/c2ccc(Br)cc2)[C@H](c2ccc(Br)cc2)N1. The number of benzene rings is 2. The maximum atomic E-state index is 5.51. The second-order valence-corrected chi connectivity index (χ2v) is 8.80. The van der Waals surface area contributed by atoms with E-state index in [0.717, 1.165) is 28.2 Å². The van der Waals surface area contributed by atoms with E-state index in [1.54, 1.807) is 0 Å². The summed E-state index contributed by atoms with van der Waals surface area (Å²) < 4.78 is 2.19. The van der Waals surface area contributed by atoms with Crippen molar-refractivity contribution in [2.45, 2.75) is 25.3 Å². The number of allylic oxidation sites excluding steroid dienone is 1. The molecule has 0 unspecified atom stereocenters. The van der Waals surface area contributed by atoms with Crippen molar-refractivity contribution in [3.05, 3.63) is 85.4 Å². The summed E-state index contributed by atoms with van der Waals surface area (Å²) in [6.45, 7) is 0. The van der Waals surface area contributed by atoms with Crippen molar-refractivity contribution in [2.24, 2.45) is 0 Å². The van der Waals surface area contributed by atoms with Crippen LogP contribution in [0.3, 0.4) is 0 Å². The average molecular weight is 490 g/mol. The van der Waals surface area contributed by atoms with Gasteiger partial charge in [0.15, 0.2) is 5.11 Å². The van der Waals surface area contributed by atoms with Gasteiger partial charge in [0.25, 0.3) is 0 Å². The molecule has 0 saturated heterocycles. The first-order chi connectivity index (χ1) is 12.6. The van der Waals surface area contributed by atoms with Crippen molar-refractivity contribution >= 4 is 55.3 Å². The Balaban J connectivity index is 1.75. The van der Waals surface area contributed by atoms with Crippen LogP contribution in [-0.4, -0.2) is 5.11 Å². The summed E-state index contributed by atoms with van der Waals surface area (Å²) in [5, 5.41) is 7.58. The maximum Gasteiger partial charge on any atom is 0.171 e. The van der Waals surface area contributed by atoms with Gasteiger partial charge < -0.3 is 10.6 Å². The van der Waals surface area contributed by atoms with Gasteiger partial charge in [0.05, 0.1) is 6.04 Å². The monoisotopic (exact) mass is 488 g/mol. The molecule has 1 heterocycles. The summed E-state index contributed by atoms with van der Waals surface area (Å²) in [7, 11) is 0. The van der Waals surface area contributed by atoms with Crippen LogP contribution in [0.1, 0.15) is 36.4 Å². The van der Waals surface area contributed by atoms with Crippen LogP contribution < -0.4 is 10.6 Å². The first-order valence-electron chi connectivity index (χ1n) is 8.63. The molecule has 0 saturated carbocycles. The van der Waals surface area contributed by atoms with Crippen LogP contribution in [0.15, 0.2) is 74.3 Å². The van der Waals surface area contributed by atoms with Gasteiger partial charge in [-0.25, -0.2) is 0 Å². The number of thiocarbonyl (C=S) groups is 1. The van der Waals surface area contributed by atoms with E-state index < -0.39 is 0 Å². The molecule has 2 nitrogen and oxygen atoms in total. The molecule has 132 valence electrons. The molecule has 1 atom stereocenters. The van der Waals surface area contributed by atoms with E-state index in [9.17, 15) is 0 Å². The van der Waals surface area contributed by atoms with Gasteiger partial charge in [-0.3, -0.25) is 0 Å². The summed E-state index contributed by atoms with van der Waals surface area (Å²) >= 11 is 12.5. The third-order valence-corrected chi connectivity index (χ3v) is 6.09. The molecule has 0 amide bonds. The number of hydrogen-bond donors (Lipinski definition) is 2. The lowest BCUT2D eigenvalue weighted by Gasteiger charge is -2.36. The zero-order valence-electron chi connectivity index (χ0n) is 14.1. The Hall–Kier alpha value is -1.43. The molecule has 1 aliphatic carbocycles. The number of rotatable bonds is 2. The number of halogens is 2. The number of nitrogens with one attached hydrogen (secondary N) is 2. The molecule has 2 aliphatic rings. The molecule has 26 heavy (non-hydrogen) atoms. The van der Waals surface area contributed by atoms with Gasteiger partial charge in [0.2, 0.25) is 0 Å². The van der Waals surface area contributed by atoms with Crippen LogP contribution in [0.2, 0.25) is 0 Å². The van der Waals surface area contributed by atoms with Crippen LogP contribution in [0.5, 0.6) is 0 Å². The molecule has 0 aromatic heterocycles. The van der Waals surface area contributed by atoms with E-state index in [0.29, 0.717) is 5.11 Å². The third-order valence-electron chi connectivity index (χ3n) is 4.81. The molecular weight excluding hydrogens is 472 g/mol. The van der Waals surface area contributed by atoms with Gasteiger partial charge in [0, 0.05) is 14.6 Å². The average Bonchev–Trinajstić information content (AvgIpc) is 2.64. The molecule has 5 heteroatoms. The Bertz CT molecular complexity index is 899. The van der Waals surface area contributed by atoms with E-state index in [1.807, 2.05) is 0 Å².